The SMILES string of the molecule is O=C(c1nn(-c2ccc(F)c(F)c2)c2c1CCC2)N1CCN(Cc2nnc3n2CCCCC3)CC1. The van der Waals surface area contributed by atoms with Gasteiger partial charge in [0.05, 0.1) is 12.2 Å². The van der Waals surface area contributed by atoms with Gasteiger partial charge in [-0.2, -0.15) is 5.10 Å². The number of rotatable bonds is 4. The molecule has 0 unspecified atom stereocenters. The second kappa shape index (κ2) is 9.14. The van der Waals surface area contributed by atoms with E-state index < -0.39 is 11.6 Å². The lowest BCUT2D eigenvalue weighted by molar-refractivity contribution is 0.0616. The summed E-state index contributed by atoms with van der Waals surface area (Å²) in [6, 6.07) is 3.74. The van der Waals surface area contributed by atoms with Crippen molar-refractivity contribution in [1.29, 1.82) is 0 Å². The maximum absolute atomic E-state index is 13.9. The first-order chi connectivity index (χ1) is 17.1. The van der Waals surface area contributed by atoms with Crippen molar-refractivity contribution in [2.24, 2.45) is 0 Å². The minimum absolute atomic E-state index is 0.0829. The Balaban J connectivity index is 1.15. The minimum Gasteiger partial charge on any atom is -0.335 e. The summed E-state index contributed by atoms with van der Waals surface area (Å²) in [5.74, 6) is 0.217. The zero-order chi connectivity index (χ0) is 23.9. The third kappa shape index (κ3) is 4.13. The molecule has 2 aliphatic heterocycles. The molecule has 1 saturated heterocycles. The van der Waals surface area contributed by atoms with Crippen LogP contribution >= 0.6 is 0 Å². The van der Waals surface area contributed by atoms with Crippen LogP contribution < -0.4 is 0 Å². The maximum atomic E-state index is 13.9. The maximum Gasteiger partial charge on any atom is 0.274 e. The van der Waals surface area contributed by atoms with Gasteiger partial charge in [0.1, 0.15) is 11.6 Å². The minimum atomic E-state index is -0.918. The van der Waals surface area contributed by atoms with Crippen molar-refractivity contribution in [1.82, 2.24) is 34.3 Å². The molecule has 10 heteroatoms. The van der Waals surface area contributed by atoms with E-state index in [9.17, 15) is 13.6 Å². The third-order valence-electron chi connectivity index (χ3n) is 7.49. The zero-order valence-corrected chi connectivity index (χ0v) is 19.7. The van der Waals surface area contributed by atoms with Gasteiger partial charge >= 0.3 is 0 Å². The normalized spacial score (nSPS) is 18.4. The predicted octanol–water partition coefficient (Wildman–Crippen LogP) is 2.92. The average molecular weight is 482 g/mol. The molecule has 3 aliphatic rings. The van der Waals surface area contributed by atoms with E-state index in [4.69, 9.17) is 0 Å². The topological polar surface area (TPSA) is 72.1 Å². The van der Waals surface area contributed by atoms with E-state index in [2.05, 4.69) is 24.8 Å². The quantitative estimate of drug-likeness (QED) is 0.573. The molecule has 4 heterocycles. The number of halogens is 2. The van der Waals surface area contributed by atoms with E-state index >= 15 is 0 Å². The highest BCUT2D eigenvalue weighted by atomic mass is 19.2. The van der Waals surface area contributed by atoms with Crippen molar-refractivity contribution in [3.8, 4) is 5.69 Å². The smallest absolute Gasteiger partial charge is 0.274 e. The fraction of sp³-hybridized carbons (Fsp3) is 0.520. The number of carbonyl (C=O) groups is 1. The Hall–Kier alpha value is -3.14. The lowest BCUT2D eigenvalue weighted by atomic mass is 10.1. The molecule has 8 nitrogen and oxygen atoms in total. The summed E-state index contributed by atoms with van der Waals surface area (Å²) in [5, 5.41) is 13.4. The molecule has 0 radical (unpaired) electrons. The number of amides is 1. The molecular formula is C25H29F2N7O. The van der Waals surface area contributed by atoms with Crippen LogP contribution in [-0.2, 0) is 32.4 Å². The molecule has 0 spiro atoms. The number of fused-ring (bicyclic) bond motifs is 2. The first-order valence-corrected chi connectivity index (χ1v) is 12.6. The molecule has 35 heavy (non-hydrogen) atoms. The van der Waals surface area contributed by atoms with Crippen LogP contribution in [0.4, 0.5) is 8.78 Å². The highest BCUT2D eigenvalue weighted by molar-refractivity contribution is 5.94. The fourth-order valence-corrected chi connectivity index (χ4v) is 5.56. The van der Waals surface area contributed by atoms with Crippen molar-refractivity contribution in [2.45, 2.75) is 58.0 Å². The average Bonchev–Trinajstić information content (AvgIpc) is 3.53. The molecule has 3 aromatic rings. The van der Waals surface area contributed by atoms with E-state index in [1.807, 2.05) is 4.90 Å². The molecule has 1 aromatic carbocycles. The standard InChI is InChI=1S/C25H29F2N7O/c26-19-9-8-17(15-20(19)27)34-21-6-4-5-18(21)24(30-34)25(35)32-13-11-31(12-14-32)16-23-29-28-22-7-2-1-3-10-33(22)23/h8-9,15H,1-7,10-14,16H2. The number of hydrogen-bond donors (Lipinski definition) is 0. The Morgan fingerprint density at radius 2 is 1.74 bits per heavy atom. The Morgan fingerprint density at radius 3 is 2.57 bits per heavy atom. The molecule has 0 saturated carbocycles. The fourth-order valence-electron chi connectivity index (χ4n) is 5.56. The van der Waals surface area contributed by atoms with Crippen LogP contribution in [-0.4, -0.2) is 66.4 Å². The third-order valence-corrected chi connectivity index (χ3v) is 7.49. The summed E-state index contributed by atoms with van der Waals surface area (Å²) < 4.78 is 31.2. The van der Waals surface area contributed by atoms with Gasteiger partial charge in [-0.3, -0.25) is 9.69 Å². The Kier molecular flexibility index (Phi) is 5.83. The largest absolute Gasteiger partial charge is 0.335 e. The molecule has 0 N–H and O–H groups in total. The number of carbonyl (C=O) groups excluding carboxylic acids is 1. The van der Waals surface area contributed by atoms with Gasteiger partial charge in [0.25, 0.3) is 5.91 Å². The second-order valence-corrected chi connectivity index (χ2v) is 9.70. The summed E-state index contributed by atoms with van der Waals surface area (Å²) in [4.78, 5) is 17.6. The van der Waals surface area contributed by atoms with Gasteiger partial charge in [-0.05, 0) is 44.2 Å². The van der Waals surface area contributed by atoms with Crippen LogP contribution in [0.25, 0.3) is 5.69 Å². The van der Waals surface area contributed by atoms with Gasteiger partial charge in [-0.25, -0.2) is 13.5 Å². The van der Waals surface area contributed by atoms with Gasteiger partial charge in [0.2, 0.25) is 0 Å². The van der Waals surface area contributed by atoms with Crippen LogP contribution in [0.2, 0.25) is 0 Å². The van der Waals surface area contributed by atoms with E-state index in [0.29, 0.717) is 24.5 Å². The molecule has 0 bridgehead atoms. The molecule has 184 valence electrons. The van der Waals surface area contributed by atoms with Crippen molar-refractivity contribution in [2.75, 3.05) is 26.2 Å². The van der Waals surface area contributed by atoms with Crippen molar-refractivity contribution < 1.29 is 13.6 Å². The van der Waals surface area contributed by atoms with Gasteiger partial charge < -0.3 is 9.47 Å². The van der Waals surface area contributed by atoms with Gasteiger partial charge in [-0.15, -0.1) is 10.2 Å². The molecule has 0 atom stereocenters. The summed E-state index contributed by atoms with van der Waals surface area (Å²) in [5.41, 5.74) is 2.75. The van der Waals surface area contributed by atoms with Crippen molar-refractivity contribution in [3.63, 3.8) is 0 Å². The van der Waals surface area contributed by atoms with E-state index in [0.717, 1.165) is 86.9 Å². The van der Waals surface area contributed by atoms with E-state index in [1.54, 1.807) is 4.68 Å². The lowest BCUT2D eigenvalue weighted by Crippen LogP contribution is -2.48. The number of hydrogen-bond acceptors (Lipinski definition) is 5. The Bertz CT molecular complexity index is 1260. The number of piperazine rings is 1. The monoisotopic (exact) mass is 481 g/mol. The second-order valence-electron chi connectivity index (χ2n) is 9.70. The zero-order valence-electron chi connectivity index (χ0n) is 19.7. The van der Waals surface area contributed by atoms with Gasteiger partial charge in [-0.1, -0.05) is 6.42 Å². The number of nitrogens with zero attached hydrogens (tertiary/aromatic N) is 7. The predicted molar refractivity (Wildman–Crippen MR) is 124 cm³/mol. The van der Waals surface area contributed by atoms with E-state index in [1.165, 1.54) is 25.3 Å². The summed E-state index contributed by atoms with van der Waals surface area (Å²) in [6.45, 7) is 4.50. The summed E-state index contributed by atoms with van der Waals surface area (Å²) in [7, 11) is 0. The summed E-state index contributed by atoms with van der Waals surface area (Å²) in [6.07, 6.45) is 7.04. The van der Waals surface area contributed by atoms with Crippen LogP contribution in [0.15, 0.2) is 18.2 Å². The van der Waals surface area contributed by atoms with Crippen molar-refractivity contribution >= 4 is 5.91 Å². The van der Waals surface area contributed by atoms with Crippen molar-refractivity contribution in [3.05, 3.63) is 58.4 Å². The lowest BCUT2D eigenvalue weighted by Gasteiger charge is -2.34. The highest BCUT2D eigenvalue weighted by Gasteiger charge is 2.31. The Labute approximate surface area is 202 Å². The van der Waals surface area contributed by atoms with Gasteiger partial charge in [0.15, 0.2) is 17.3 Å². The first kappa shape index (κ1) is 22.3. The highest BCUT2D eigenvalue weighted by Crippen LogP contribution is 2.29. The molecule has 6 rings (SSSR count). The molecule has 1 fully saturated rings. The molecule has 2 aromatic heterocycles. The van der Waals surface area contributed by atoms with Crippen LogP contribution in [0, 0.1) is 11.6 Å². The van der Waals surface area contributed by atoms with Gasteiger partial charge in [0, 0.05) is 56.5 Å². The molecule has 1 amide bonds. The van der Waals surface area contributed by atoms with Crippen LogP contribution in [0.3, 0.4) is 0 Å². The van der Waals surface area contributed by atoms with Crippen LogP contribution in [0.5, 0.6) is 0 Å². The number of aromatic nitrogens is 5. The number of aryl methyl sites for hydroxylation is 1. The molecular weight excluding hydrogens is 452 g/mol. The van der Waals surface area contributed by atoms with Crippen LogP contribution in [0.1, 0.15) is 59.1 Å². The Morgan fingerprint density at radius 1 is 0.886 bits per heavy atom. The summed E-state index contributed by atoms with van der Waals surface area (Å²) >= 11 is 0. The number of benzene rings is 1. The first-order valence-electron chi connectivity index (χ1n) is 12.6. The van der Waals surface area contributed by atoms with E-state index in [-0.39, 0.29) is 5.91 Å². The molecule has 1 aliphatic carbocycles.